The Bertz CT molecular complexity index is 1010. The SMILES string of the molecule is Cn1cc2c(c1C(=O)Nc1ccc(F)c(F)c1)C=CC(CO)NS2(=N)=O. The van der Waals surface area contributed by atoms with Gasteiger partial charge < -0.3 is 15.0 Å². The quantitative estimate of drug-likeness (QED) is 0.651. The number of carbonyl (C=O) groups is 1. The van der Waals surface area contributed by atoms with Gasteiger partial charge in [-0.25, -0.2) is 22.5 Å². The average molecular weight is 382 g/mol. The van der Waals surface area contributed by atoms with E-state index in [1.807, 2.05) is 0 Å². The Hall–Kier alpha value is -2.56. The van der Waals surface area contributed by atoms with Gasteiger partial charge in [0.05, 0.1) is 17.5 Å². The first-order chi connectivity index (χ1) is 12.2. The van der Waals surface area contributed by atoms with Gasteiger partial charge in [-0.3, -0.25) is 4.79 Å². The first-order valence-electron chi connectivity index (χ1n) is 7.54. The number of halogens is 2. The largest absolute Gasteiger partial charge is 0.394 e. The lowest BCUT2D eigenvalue weighted by Gasteiger charge is -2.12. The highest BCUT2D eigenvalue weighted by atomic mass is 32.2. The molecule has 0 spiro atoms. The summed E-state index contributed by atoms with van der Waals surface area (Å²) in [5.41, 5.74) is 0.414. The maximum Gasteiger partial charge on any atom is 0.272 e. The molecular weight excluding hydrogens is 366 g/mol. The number of aliphatic hydroxyl groups is 1. The van der Waals surface area contributed by atoms with Gasteiger partial charge in [-0.2, -0.15) is 0 Å². The van der Waals surface area contributed by atoms with Crippen LogP contribution >= 0.6 is 0 Å². The van der Waals surface area contributed by atoms with E-state index in [1.54, 1.807) is 7.05 Å². The van der Waals surface area contributed by atoms with E-state index >= 15 is 0 Å². The van der Waals surface area contributed by atoms with E-state index in [0.717, 1.165) is 12.1 Å². The van der Waals surface area contributed by atoms with E-state index in [0.29, 0.717) is 0 Å². The zero-order valence-corrected chi connectivity index (χ0v) is 14.4. The third-order valence-corrected chi connectivity index (χ3v) is 5.48. The summed E-state index contributed by atoms with van der Waals surface area (Å²) in [6.45, 7) is -0.362. The standard InChI is InChI=1S/C16H16F2N4O3S/c1-22-7-14-11(4-2-10(8-23)21-26(14,19)25)15(22)16(24)20-9-3-5-12(17)13(18)6-9/h2-7,10,23H,8H2,1H3,(H,20,24)(H2,19,21,25). The maximum absolute atomic E-state index is 13.3. The normalized spacial score (nSPS) is 21.9. The van der Waals surface area contributed by atoms with Crippen molar-refractivity contribution < 1.29 is 22.9 Å². The van der Waals surface area contributed by atoms with Gasteiger partial charge in [0.25, 0.3) is 5.91 Å². The number of carbonyl (C=O) groups excluding carboxylic acids is 1. The molecule has 2 heterocycles. The average Bonchev–Trinajstić information content (AvgIpc) is 2.86. The summed E-state index contributed by atoms with van der Waals surface area (Å²) in [4.78, 5) is 12.7. The molecular formula is C16H16F2N4O3S. The number of fused-ring (bicyclic) bond motifs is 1. The Morgan fingerprint density at radius 1 is 1.42 bits per heavy atom. The predicted molar refractivity (Wildman–Crippen MR) is 91.9 cm³/mol. The molecule has 3 rings (SSSR count). The number of aromatic nitrogens is 1. The van der Waals surface area contributed by atoms with E-state index in [1.165, 1.54) is 29.0 Å². The number of aliphatic hydroxyl groups excluding tert-OH is 1. The lowest BCUT2D eigenvalue weighted by Crippen LogP contribution is -2.34. The minimum absolute atomic E-state index is 0.0550. The fraction of sp³-hybridized carbons (Fsp3) is 0.188. The van der Waals surface area contributed by atoms with Crippen LogP contribution in [0.25, 0.3) is 6.08 Å². The molecule has 1 aliphatic rings. The van der Waals surface area contributed by atoms with Crippen LogP contribution in [-0.2, 0) is 17.0 Å². The van der Waals surface area contributed by atoms with Crippen LogP contribution in [0.2, 0.25) is 0 Å². The molecule has 0 saturated carbocycles. The van der Waals surface area contributed by atoms with Gasteiger partial charge in [-0.05, 0) is 12.1 Å². The van der Waals surface area contributed by atoms with Crippen LogP contribution in [0.5, 0.6) is 0 Å². The number of benzene rings is 1. The van der Waals surface area contributed by atoms with Gasteiger partial charge in [0.1, 0.15) is 15.6 Å². The summed E-state index contributed by atoms with van der Waals surface area (Å²) in [5.74, 6) is -2.77. The summed E-state index contributed by atoms with van der Waals surface area (Å²) in [6.07, 6.45) is 4.40. The monoisotopic (exact) mass is 382 g/mol. The smallest absolute Gasteiger partial charge is 0.272 e. The Labute approximate surface area is 148 Å². The molecule has 2 atom stereocenters. The molecule has 10 heteroatoms. The summed E-state index contributed by atoms with van der Waals surface area (Å²) >= 11 is 0. The topological polar surface area (TPSA) is 107 Å². The third-order valence-electron chi connectivity index (χ3n) is 3.90. The number of hydrogen-bond acceptors (Lipinski definition) is 4. The molecule has 0 saturated heterocycles. The Morgan fingerprint density at radius 2 is 2.15 bits per heavy atom. The number of nitrogens with zero attached hydrogens (tertiary/aromatic N) is 1. The van der Waals surface area contributed by atoms with E-state index in [2.05, 4.69) is 10.0 Å². The van der Waals surface area contributed by atoms with E-state index < -0.39 is 33.5 Å². The zero-order chi connectivity index (χ0) is 19.1. The molecule has 1 amide bonds. The van der Waals surface area contributed by atoms with Crippen molar-refractivity contribution >= 4 is 27.6 Å². The fourth-order valence-corrected chi connectivity index (χ4v) is 4.17. The maximum atomic E-state index is 13.3. The molecule has 0 radical (unpaired) electrons. The second-order valence-corrected chi connectivity index (χ2v) is 7.56. The molecule has 1 aliphatic heterocycles. The molecule has 0 aliphatic carbocycles. The van der Waals surface area contributed by atoms with Gasteiger partial charge in [0, 0.05) is 30.6 Å². The molecule has 0 bridgehead atoms. The number of anilines is 1. The first-order valence-corrected chi connectivity index (χ1v) is 9.09. The minimum atomic E-state index is -3.44. The van der Waals surface area contributed by atoms with Crippen LogP contribution in [0.4, 0.5) is 14.5 Å². The number of hydrogen-bond donors (Lipinski definition) is 4. The zero-order valence-electron chi connectivity index (χ0n) is 13.6. The van der Waals surface area contributed by atoms with Crippen LogP contribution in [0.15, 0.2) is 35.4 Å². The van der Waals surface area contributed by atoms with Crippen LogP contribution in [0, 0.1) is 16.4 Å². The number of aryl methyl sites for hydroxylation is 1. The van der Waals surface area contributed by atoms with Crippen LogP contribution in [0.1, 0.15) is 16.1 Å². The molecule has 0 fully saturated rings. The molecule has 1 aromatic heterocycles. The minimum Gasteiger partial charge on any atom is -0.394 e. The Balaban J connectivity index is 2.02. The molecule has 138 valence electrons. The highest BCUT2D eigenvalue weighted by molar-refractivity contribution is 7.90. The van der Waals surface area contributed by atoms with Crippen molar-refractivity contribution in [2.75, 3.05) is 11.9 Å². The third kappa shape index (κ3) is 3.26. The van der Waals surface area contributed by atoms with E-state index in [9.17, 15) is 22.9 Å². The first kappa shape index (κ1) is 18.2. The Kier molecular flexibility index (Phi) is 4.65. The van der Waals surface area contributed by atoms with Crippen molar-refractivity contribution in [3.05, 3.63) is 53.4 Å². The molecule has 2 unspecified atom stereocenters. The summed E-state index contributed by atoms with van der Waals surface area (Å²) < 4.78 is 50.9. The van der Waals surface area contributed by atoms with Crippen LogP contribution in [-0.4, -0.2) is 32.4 Å². The van der Waals surface area contributed by atoms with E-state index in [-0.39, 0.29) is 28.4 Å². The molecule has 4 N–H and O–H groups in total. The highest BCUT2D eigenvalue weighted by Crippen LogP contribution is 2.27. The number of rotatable bonds is 3. The van der Waals surface area contributed by atoms with Crippen molar-refractivity contribution in [1.82, 2.24) is 9.29 Å². The second kappa shape index (κ2) is 6.63. The molecule has 1 aromatic carbocycles. The van der Waals surface area contributed by atoms with Crippen molar-refractivity contribution in [1.29, 1.82) is 4.78 Å². The van der Waals surface area contributed by atoms with Crippen LogP contribution < -0.4 is 10.0 Å². The molecule has 2 aromatic rings. The van der Waals surface area contributed by atoms with Gasteiger partial charge in [0.15, 0.2) is 11.6 Å². The number of nitrogens with one attached hydrogen (secondary N) is 3. The van der Waals surface area contributed by atoms with Crippen molar-refractivity contribution in [2.45, 2.75) is 10.9 Å². The van der Waals surface area contributed by atoms with E-state index in [4.69, 9.17) is 4.78 Å². The lowest BCUT2D eigenvalue weighted by molar-refractivity contribution is 0.101. The summed E-state index contributed by atoms with van der Waals surface area (Å²) in [7, 11) is -1.90. The van der Waals surface area contributed by atoms with Gasteiger partial charge in [0.2, 0.25) is 0 Å². The number of amides is 1. The van der Waals surface area contributed by atoms with Crippen molar-refractivity contribution in [3.63, 3.8) is 0 Å². The van der Waals surface area contributed by atoms with Gasteiger partial charge in [-0.15, -0.1) is 0 Å². The second-order valence-electron chi connectivity index (χ2n) is 5.77. The predicted octanol–water partition coefficient (Wildman–Crippen LogP) is 1.85. The lowest BCUT2D eigenvalue weighted by atomic mass is 10.1. The van der Waals surface area contributed by atoms with Gasteiger partial charge >= 0.3 is 0 Å². The van der Waals surface area contributed by atoms with Crippen LogP contribution in [0.3, 0.4) is 0 Å². The summed E-state index contributed by atoms with van der Waals surface area (Å²) in [5, 5.41) is 11.7. The van der Waals surface area contributed by atoms with Crippen molar-refractivity contribution in [3.8, 4) is 0 Å². The summed E-state index contributed by atoms with van der Waals surface area (Å²) in [6, 6.07) is 2.26. The fourth-order valence-electron chi connectivity index (χ4n) is 2.68. The van der Waals surface area contributed by atoms with Gasteiger partial charge in [-0.1, -0.05) is 12.2 Å². The molecule has 26 heavy (non-hydrogen) atoms. The molecule has 7 nitrogen and oxygen atoms in total. The Morgan fingerprint density at radius 3 is 2.81 bits per heavy atom. The van der Waals surface area contributed by atoms with Crippen molar-refractivity contribution in [2.24, 2.45) is 7.05 Å². The highest BCUT2D eigenvalue weighted by Gasteiger charge is 2.28.